The fourth-order valence-electron chi connectivity index (χ4n) is 3.70. The molecule has 0 aromatic heterocycles. The van der Waals surface area contributed by atoms with Crippen molar-refractivity contribution in [3.63, 3.8) is 0 Å². The van der Waals surface area contributed by atoms with E-state index in [9.17, 15) is 26.4 Å². The fourth-order valence-corrected chi connectivity index (χ4v) is 8.06. The van der Waals surface area contributed by atoms with Crippen molar-refractivity contribution in [3.05, 3.63) is 63.6 Å². The fraction of sp³-hybridized carbons (Fsp3) is 0.300. The molecule has 0 aliphatic carbocycles. The third kappa shape index (κ3) is 4.78. The maximum atomic E-state index is 13.4. The van der Waals surface area contributed by atoms with Gasteiger partial charge in [-0.15, -0.1) is 0 Å². The molecule has 2 aliphatic rings. The van der Waals surface area contributed by atoms with Crippen LogP contribution in [0.15, 0.2) is 47.5 Å². The lowest BCUT2D eigenvalue weighted by molar-refractivity contribution is -0.137. The summed E-state index contributed by atoms with van der Waals surface area (Å²) in [7, 11) is -3.37. The Kier molecular flexibility index (Phi) is 6.26. The van der Waals surface area contributed by atoms with Crippen molar-refractivity contribution in [2.75, 3.05) is 16.4 Å². The summed E-state index contributed by atoms with van der Waals surface area (Å²) in [6.07, 6.45) is -4.79. The monoisotopic (exact) mass is 522 g/mol. The number of aliphatic imine (C=N–C) groups is 1. The van der Waals surface area contributed by atoms with Crippen LogP contribution in [-0.4, -0.2) is 42.3 Å². The highest BCUT2D eigenvalue weighted by Crippen LogP contribution is 2.43. The van der Waals surface area contributed by atoms with Gasteiger partial charge in [-0.2, -0.15) is 18.2 Å². The van der Waals surface area contributed by atoms with E-state index in [1.165, 1.54) is 11.0 Å². The molecule has 0 unspecified atom stereocenters. The molecule has 2 atom stereocenters. The first-order valence-electron chi connectivity index (χ1n) is 9.32. The minimum atomic E-state index is -4.70. The van der Waals surface area contributed by atoms with Crippen molar-refractivity contribution >= 4 is 61.6 Å². The summed E-state index contributed by atoms with van der Waals surface area (Å²) in [5.41, 5.74) is -0.414. The molecule has 2 aliphatic heterocycles. The summed E-state index contributed by atoms with van der Waals surface area (Å²) < 4.78 is 64.5. The number of amides is 1. The van der Waals surface area contributed by atoms with Gasteiger partial charge >= 0.3 is 6.18 Å². The van der Waals surface area contributed by atoms with Crippen LogP contribution in [0.5, 0.6) is 0 Å². The van der Waals surface area contributed by atoms with E-state index in [2.05, 4.69) is 4.99 Å². The molecule has 0 bridgehead atoms. The molecule has 0 radical (unpaired) electrons. The van der Waals surface area contributed by atoms with Crippen LogP contribution < -0.4 is 4.90 Å². The molecule has 0 N–H and O–H groups in total. The van der Waals surface area contributed by atoms with Crippen LogP contribution in [0.3, 0.4) is 0 Å². The molecule has 5 nitrogen and oxygen atoms in total. The molecule has 32 heavy (non-hydrogen) atoms. The van der Waals surface area contributed by atoms with Crippen LogP contribution in [0.1, 0.15) is 11.1 Å². The minimum Gasteiger partial charge on any atom is -0.316 e. The van der Waals surface area contributed by atoms with Gasteiger partial charge < -0.3 is 4.90 Å². The number of hydrogen-bond donors (Lipinski definition) is 0. The van der Waals surface area contributed by atoms with E-state index >= 15 is 0 Å². The number of anilines is 1. The van der Waals surface area contributed by atoms with Gasteiger partial charge in [0.2, 0.25) is 0 Å². The Labute approximate surface area is 196 Å². The number of nitrogens with zero attached hydrogens (tertiary/aromatic N) is 2. The van der Waals surface area contributed by atoms with E-state index in [0.29, 0.717) is 10.6 Å². The molecule has 1 amide bonds. The molecule has 2 aromatic carbocycles. The van der Waals surface area contributed by atoms with Crippen LogP contribution in [0, 0.1) is 0 Å². The molecule has 2 fully saturated rings. The van der Waals surface area contributed by atoms with E-state index in [-0.39, 0.29) is 28.8 Å². The van der Waals surface area contributed by atoms with Crippen molar-refractivity contribution in [1.29, 1.82) is 0 Å². The van der Waals surface area contributed by atoms with Crippen molar-refractivity contribution < 1.29 is 26.4 Å². The summed E-state index contributed by atoms with van der Waals surface area (Å²) in [6, 6.07) is 9.43. The first-order chi connectivity index (χ1) is 14.9. The van der Waals surface area contributed by atoms with Crippen molar-refractivity contribution in [1.82, 2.24) is 0 Å². The highest BCUT2D eigenvalue weighted by Gasteiger charge is 2.49. The lowest BCUT2D eigenvalue weighted by Crippen LogP contribution is -2.38. The van der Waals surface area contributed by atoms with Crippen LogP contribution in [-0.2, 0) is 27.2 Å². The summed E-state index contributed by atoms with van der Waals surface area (Å²) in [5, 5.41) is -0.372. The smallest absolute Gasteiger partial charge is 0.316 e. The maximum Gasteiger partial charge on any atom is 0.417 e. The summed E-state index contributed by atoms with van der Waals surface area (Å²) >= 11 is 12.9. The molecule has 4 rings (SSSR count). The predicted octanol–water partition coefficient (Wildman–Crippen LogP) is 4.86. The zero-order chi connectivity index (χ0) is 23.3. The van der Waals surface area contributed by atoms with E-state index in [0.717, 1.165) is 23.9 Å². The Morgan fingerprint density at radius 3 is 2.53 bits per heavy atom. The molecule has 2 aromatic rings. The lowest BCUT2D eigenvalue weighted by atomic mass is 10.1. The average molecular weight is 523 g/mol. The molecule has 2 saturated heterocycles. The molecule has 12 heteroatoms. The second-order valence-electron chi connectivity index (χ2n) is 7.39. The second-order valence-corrected chi connectivity index (χ2v) is 11.6. The summed E-state index contributed by atoms with van der Waals surface area (Å²) in [4.78, 5) is 18.1. The molecule has 0 saturated carbocycles. The highest BCUT2D eigenvalue weighted by molar-refractivity contribution is 8.16. The second kappa shape index (κ2) is 8.55. The number of benzene rings is 2. The molecular formula is C20H15Cl2F3N2O3S2. The lowest BCUT2D eigenvalue weighted by Gasteiger charge is -2.25. The number of rotatable bonds is 3. The van der Waals surface area contributed by atoms with Gasteiger partial charge in [-0.05, 0) is 29.8 Å². The Morgan fingerprint density at radius 2 is 1.84 bits per heavy atom. The number of alkyl halides is 3. The number of carbonyl (C=O) groups excluding carboxylic acids is 1. The summed E-state index contributed by atoms with van der Waals surface area (Å²) in [6.45, 7) is 0. The van der Waals surface area contributed by atoms with Gasteiger partial charge in [0.1, 0.15) is 0 Å². The van der Waals surface area contributed by atoms with Crippen LogP contribution in [0.2, 0.25) is 10.0 Å². The number of hydrogen-bond acceptors (Lipinski definition) is 4. The number of halogens is 5. The largest absolute Gasteiger partial charge is 0.417 e. The topological polar surface area (TPSA) is 66.8 Å². The minimum absolute atomic E-state index is 0.0723. The number of carbonyl (C=O) groups is 1. The quantitative estimate of drug-likeness (QED) is 0.576. The van der Waals surface area contributed by atoms with Crippen LogP contribution in [0.4, 0.5) is 18.9 Å². The predicted molar refractivity (Wildman–Crippen MR) is 120 cm³/mol. The van der Waals surface area contributed by atoms with Gasteiger partial charge in [0.25, 0.3) is 5.91 Å². The van der Waals surface area contributed by atoms with Crippen LogP contribution >= 0.6 is 35.0 Å². The van der Waals surface area contributed by atoms with Crippen molar-refractivity contribution in [3.8, 4) is 0 Å². The molecular weight excluding hydrogens is 508 g/mol. The van der Waals surface area contributed by atoms with Gasteiger partial charge in [0, 0.05) is 16.0 Å². The average Bonchev–Trinajstić information content (AvgIpc) is 3.14. The Hall–Kier alpha value is -1.75. The van der Waals surface area contributed by atoms with E-state index in [4.69, 9.17) is 23.2 Å². The van der Waals surface area contributed by atoms with E-state index in [1.54, 1.807) is 24.3 Å². The van der Waals surface area contributed by atoms with Gasteiger partial charge in [0.15, 0.2) is 15.0 Å². The number of fused-ring (bicyclic) bond motifs is 1. The summed E-state index contributed by atoms with van der Waals surface area (Å²) in [5.74, 6) is -0.929. The normalized spacial score (nSPS) is 23.5. The standard InChI is InChI=1S/C20H15Cl2F3N2O3S2/c21-14-4-2-1-3-11(14)7-18(28)26-19-27(16-9-32(29,30)10-17(16)31-19)12-5-6-15(22)13(8-12)20(23,24)25/h1-6,8,16-17H,7,9-10H2/t16-,17+/m0/s1. The van der Waals surface area contributed by atoms with E-state index in [1.807, 2.05) is 0 Å². The number of thioether (sulfide) groups is 1. The Morgan fingerprint density at radius 1 is 1.12 bits per heavy atom. The van der Waals surface area contributed by atoms with Gasteiger partial charge in [-0.3, -0.25) is 4.79 Å². The highest BCUT2D eigenvalue weighted by atomic mass is 35.5. The SMILES string of the molecule is O=C(Cc1ccccc1Cl)N=C1S[C@@H]2CS(=O)(=O)C[C@@H]2N1c1ccc(Cl)c(C(F)(F)F)c1. The first-order valence-corrected chi connectivity index (χ1v) is 12.8. The molecule has 2 heterocycles. The van der Waals surface area contributed by atoms with Gasteiger partial charge in [0.05, 0.1) is 34.6 Å². The Balaban J connectivity index is 1.72. The third-order valence-electron chi connectivity index (χ3n) is 5.12. The zero-order valence-electron chi connectivity index (χ0n) is 16.1. The molecule has 0 spiro atoms. The zero-order valence-corrected chi connectivity index (χ0v) is 19.3. The van der Waals surface area contributed by atoms with E-state index < -0.39 is 43.8 Å². The van der Waals surface area contributed by atoms with Crippen molar-refractivity contribution in [2.24, 2.45) is 4.99 Å². The van der Waals surface area contributed by atoms with Gasteiger partial charge in [-0.1, -0.05) is 53.2 Å². The van der Waals surface area contributed by atoms with Crippen molar-refractivity contribution in [2.45, 2.75) is 23.9 Å². The third-order valence-corrected chi connectivity index (χ3v) is 9.03. The molecule has 170 valence electrons. The number of sulfone groups is 1. The number of amidine groups is 1. The maximum absolute atomic E-state index is 13.4. The Bertz CT molecular complexity index is 1220. The first kappa shape index (κ1) is 23.4. The van der Waals surface area contributed by atoms with Crippen LogP contribution in [0.25, 0.3) is 0 Å². The van der Waals surface area contributed by atoms with Gasteiger partial charge in [-0.25, -0.2) is 8.42 Å².